The van der Waals surface area contributed by atoms with Crippen molar-refractivity contribution in [2.24, 2.45) is 0 Å². The van der Waals surface area contributed by atoms with Gasteiger partial charge in [0, 0.05) is 11.6 Å². The van der Waals surface area contributed by atoms with Gasteiger partial charge >= 0.3 is 0 Å². The Morgan fingerprint density at radius 1 is 1.20 bits per heavy atom. The Kier molecular flexibility index (Phi) is 6.61. The van der Waals surface area contributed by atoms with Gasteiger partial charge < -0.3 is 15.2 Å². The molecular formula is C24H24F2N6O3. The van der Waals surface area contributed by atoms with Crippen molar-refractivity contribution in [1.82, 2.24) is 29.9 Å². The number of nitrogens with one attached hydrogen (secondary N) is 1. The molecular weight excluding hydrogens is 458 g/mol. The predicted molar refractivity (Wildman–Crippen MR) is 122 cm³/mol. The van der Waals surface area contributed by atoms with Crippen LogP contribution in [-0.4, -0.2) is 48.7 Å². The van der Waals surface area contributed by atoms with E-state index in [1.807, 2.05) is 0 Å². The maximum absolute atomic E-state index is 14.7. The molecule has 0 fully saturated rings. The second-order valence-electron chi connectivity index (χ2n) is 8.09. The highest BCUT2D eigenvalue weighted by Crippen LogP contribution is 2.30. The van der Waals surface area contributed by atoms with E-state index in [0.717, 1.165) is 17.8 Å². The molecule has 2 N–H and O–H groups in total. The SMILES string of the molecule is COc1ccc(-n2ncc(C(=O)NC(C)C(O)(Cn3cncn3)c3ccc(F)cc3F)c2C)cc1. The van der Waals surface area contributed by atoms with E-state index in [2.05, 4.69) is 20.5 Å². The molecule has 182 valence electrons. The minimum atomic E-state index is -1.97. The highest BCUT2D eigenvalue weighted by Gasteiger charge is 2.40. The van der Waals surface area contributed by atoms with Gasteiger partial charge in [0.05, 0.1) is 42.8 Å². The quantitative estimate of drug-likeness (QED) is 0.400. The molecule has 11 heteroatoms. The molecule has 0 spiro atoms. The number of methoxy groups -OCH3 is 1. The minimum Gasteiger partial charge on any atom is -0.497 e. The molecule has 0 aliphatic carbocycles. The van der Waals surface area contributed by atoms with Crippen molar-refractivity contribution < 1.29 is 23.4 Å². The van der Waals surface area contributed by atoms with Gasteiger partial charge in [0.1, 0.15) is 35.6 Å². The van der Waals surface area contributed by atoms with Crippen LogP contribution in [0, 0.1) is 18.6 Å². The number of carbonyl (C=O) groups excluding carboxylic acids is 1. The third-order valence-electron chi connectivity index (χ3n) is 5.90. The monoisotopic (exact) mass is 482 g/mol. The van der Waals surface area contributed by atoms with Crippen LogP contribution in [-0.2, 0) is 12.1 Å². The highest BCUT2D eigenvalue weighted by atomic mass is 19.1. The zero-order valence-electron chi connectivity index (χ0n) is 19.3. The molecule has 0 aliphatic heterocycles. The first-order chi connectivity index (χ1) is 16.7. The molecule has 2 aromatic heterocycles. The number of halogens is 2. The summed E-state index contributed by atoms with van der Waals surface area (Å²) in [5.74, 6) is -1.57. The number of hydrogen-bond donors (Lipinski definition) is 2. The fraction of sp³-hybridized carbons (Fsp3) is 0.250. The highest BCUT2D eigenvalue weighted by molar-refractivity contribution is 5.95. The molecule has 9 nitrogen and oxygen atoms in total. The maximum atomic E-state index is 14.7. The zero-order valence-corrected chi connectivity index (χ0v) is 19.3. The number of aromatic nitrogens is 5. The van der Waals surface area contributed by atoms with E-state index in [1.165, 1.54) is 30.5 Å². The van der Waals surface area contributed by atoms with Crippen LogP contribution < -0.4 is 10.1 Å². The van der Waals surface area contributed by atoms with Crippen LogP contribution in [0.1, 0.15) is 28.5 Å². The number of amides is 1. The van der Waals surface area contributed by atoms with Gasteiger partial charge in [-0.15, -0.1) is 0 Å². The van der Waals surface area contributed by atoms with E-state index < -0.39 is 29.2 Å². The largest absolute Gasteiger partial charge is 0.497 e. The molecule has 35 heavy (non-hydrogen) atoms. The van der Waals surface area contributed by atoms with Gasteiger partial charge in [-0.25, -0.2) is 23.1 Å². The van der Waals surface area contributed by atoms with Crippen molar-refractivity contribution in [2.45, 2.75) is 32.0 Å². The standard InChI is InChI=1S/C24H24F2N6O3/c1-15-20(11-28-32(15)18-5-7-19(35-3)8-6-18)23(33)30-16(2)24(34,12-31-14-27-13-29-31)21-9-4-17(25)10-22(21)26/h4-11,13-14,16,34H,12H2,1-3H3,(H,30,33). The van der Waals surface area contributed by atoms with E-state index in [0.29, 0.717) is 17.5 Å². The van der Waals surface area contributed by atoms with Crippen LogP contribution in [0.5, 0.6) is 5.75 Å². The molecule has 0 radical (unpaired) electrons. The van der Waals surface area contributed by atoms with Gasteiger partial charge in [0.15, 0.2) is 0 Å². The maximum Gasteiger partial charge on any atom is 0.255 e. The van der Waals surface area contributed by atoms with Crippen LogP contribution in [0.4, 0.5) is 8.78 Å². The van der Waals surface area contributed by atoms with Gasteiger partial charge in [0.25, 0.3) is 5.91 Å². The Morgan fingerprint density at radius 3 is 2.57 bits per heavy atom. The van der Waals surface area contributed by atoms with Gasteiger partial charge in [-0.2, -0.15) is 10.2 Å². The number of ether oxygens (including phenoxy) is 1. The number of aliphatic hydroxyl groups is 1. The van der Waals surface area contributed by atoms with Gasteiger partial charge in [-0.3, -0.25) is 4.79 Å². The fourth-order valence-corrected chi connectivity index (χ4v) is 3.87. The lowest BCUT2D eigenvalue weighted by Gasteiger charge is -2.35. The van der Waals surface area contributed by atoms with Crippen LogP contribution >= 0.6 is 0 Å². The molecule has 1 amide bonds. The van der Waals surface area contributed by atoms with Crippen molar-refractivity contribution in [3.63, 3.8) is 0 Å². The summed E-state index contributed by atoms with van der Waals surface area (Å²) in [4.78, 5) is 17.0. The zero-order chi connectivity index (χ0) is 25.2. The number of benzene rings is 2. The first-order valence-electron chi connectivity index (χ1n) is 10.7. The first kappa shape index (κ1) is 24.0. The second kappa shape index (κ2) is 9.63. The van der Waals surface area contributed by atoms with Gasteiger partial charge in [0.2, 0.25) is 0 Å². The summed E-state index contributed by atoms with van der Waals surface area (Å²) in [6.07, 6.45) is 4.03. The molecule has 0 bridgehead atoms. The molecule has 0 saturated carbocycles. The Morgan fingerprint density at radius 2 is 1.94 bits per heavy atom. The van der Waals surface area contributed by atoms with Crippen molar-refractivity contribution in [1.29, 1.82) is 0 Å². The van der Waals surface area contributed by atoms with E-state index >= 15 is 0 Å². The molecule has 2 atom stereocenters. The molecule has 2 unspecified atom stereocenters. The normalized spacial score (nSPS) is 13.8. The molecule has 4 aromatic rings. The smallest absolute Gasteiger partial charge is 0.255 e. The van der Waals surface area contributed by atoms with E-state index in [-0.39, 0.29) is 17.7 Å². The van der Waals surface area contributed by atoms with Crippen molar-refractivity contribution in [2.75, 3.05) is 7.11 Å². The molecule has 0 saturated heterocycles. The van der Waals surface area contributed by atoms with E-state index in [9.17, 15) is 18.7 Å². The third kappa shape index (κ3) is 4.76. The molecule has 0 aliphatic rings. The summed E-state index contributed by atoms with van der Waals surface area (Å²) in [6.45, 7) is 3.03. The summed E-state index contributed by atoms with van der Waals surface area (Å²) in [6, 6.07) is 9.02. The topological polar surface area (TPSA) is 107 Å². The van der Waals surface area contributed by atoms with Crippen molar-refractivity contribution in [3.05, 3.63) is 89.8 Å². The summed E-state index contributed by atoms with van der Waals surface area (Å²) in [5, 5.41) is 22.6. The van der Waals surface area contributed by atoms with Crippen LogP contribution in [0.15, 0.2) is 61.3 Å². The summed E-state index contributed by atoms with van der Waals surface area (Å²) in [5.41, 5.74) is -0.594. The number of nitrogens with zero attached hydrogens (tertiary/aromatic N) is 5. The van der Waals surface area contributed by atoms with E-state index in [4.69, 9.17) is 4.74 Å². The Balaban J connectivity index is 1.62. The Hall–Kier alpha value is -4.12. The van der Waals surface area contributed by atoms with Crippen molar-refractivity contribution >= 4 is 5.91 Å². The number of rotatable bonds is 8. The van der Waals surface area contributed by atoms with Crippen LogP contribution in [0.2, 0.25) is 0 Å². The summed E-state index contributed by atoms with van der Waals surface area (Å²) >= 11 is 0. The van der Waals surface area contributed by atoms with Crippen LogP contribution in [0.3, 0.4) is 0 Å². The fourth-order valence-electron chi connectivity index (χ4n) is 3.87. The van der Waals surface area contributed by atoms with Crippen LogP contribution in [0.25, 0.3) is 5.69 Å². The minimum absolute atomic E-state index is 0.187. The number of carbonyl (C=O) groups is 1. The average Bonchev–Trinajstić information content (AvgIpc) is 3.48. The number of hydrogen-bond acceptors (Lipinski definition) is 6. The van der Waals surface area contributed by atoms with Gasteiger partial charge in [-0.1, -0.05) is 6.07 Å². The lowest BCUT2D eigenvalue weighted by atomic mass is 9.86. The average molecular weight is 482 g/mol. The van der Waals surface area contributed by atoms with Gasteiger partial charge in [-0.05, 0) is 44.2 Å². The lowest BCUT2D eigenvalue weighted by molar-refractivity contribution is -0.0186. The van der Waals surface area contributed by atoms with Crippen molar-refractivity contribution in [3.8, 4) is 11.4 Å². The molecule has 2 aromatic carbocycles. The Bertz CT molecular complexity index is 1320. The Labute approximate surface area is 200 Å². The van der Waals surface area contributed by atoms with E-state index in [1.54, 1.807) is 43.0 Å². The third-order valence-corrected chi connectivity index (χ3v) is 5.90. The lowest BCUT2D eigenvalue weighted by Crippen LogP contribution is -2.52. The second-order valence-corrected chi connectivity index (χ2v) is 8.09. The molecule has 4 rings (SSSR count). The molecule has 2 heterocycles. The predicted octanol–water partition coefficient (Wildman–Crippen LogP) is 2.77. The summed E-state index contributed by atoms with van der Waals surface area (Å²) in [7, 11) is 1.57. The summed E-state index contributed by atoms with van der Waals surface area (Å²) < 4.78 is 36.3. The first-order valence-corrected chi connectivity index (χ1v) is 10.7.